The van der Waals surface area contributed by atoms with Crippen LogP contribution in [0.5, 0.6) is 0 Å². The van der Waals surface area contributed by atoms with Crippen molar-refractivity contribution in [3.05, 3.63) is 41.0 Å². The van der Waals surface area contributed by atoms with Crippen LogP contribution in [0.1, 0.15) is 56.7 Å². The molecule has 0 aromatic heterocycles. The molecule has 0 aliphatic carbocycles. The molecule has 2 unspecified atom stereocenters. The largest absolute Gasteiger partial charge is 0.444 e. The van der Waals surface area contributed by atoms with Gasteiger partial charge in [-0.25, -0.2) is 4.79 Å². The van der Waals surface area contributed by atoms with Crippen molar-refractivity contribution < 1.29 is 22.7 Å². The molecule has 3 nitrogen and oxygen atoms in total. The lowest BCUT2D eigenvalue weighted by molar-refractivity contribution is -0.137. The van der Waals surface area contributed by atoms with E-state index in [4.69, 9.17) is 4.74 Å². The maximum Gasteiger partial charge on any atom is 0.416 e. The Balaban J connectivity index is 1.89. The molecule has 0 spiro atoms. The first-order chi connectivity index (χ1) is 12.0. The fraction of sp³-hybridized carbons (Fsp3) is 0.550. The van der Waals surface area contributed by atoms with E-state index in [1.807, 2.05) is 33.8 Å². The zero-order valence-electron chi connectivity index (χ0n) is 15.5. The van der Waals surface area contributed by atoms with Crippen molar-refractivity contribution in [2.75, 3.05) is 0 Å². The van der Waals surface area contributed by atoms with Gasteiger partial charge in [-0.05, 0) is 75.8 Å². The summed E-state index contributed by atoms with van der Waals surface area (Å²) in [6.45, 7) is 7.29. The summed E-state index contributed by atoms with van der Waals surface area (Å²) >= 11 is 0. The molecule has 2 atom stereocenters. The Morgan fingerprint density at radius 2 is 1.88 bits per heavy atom. The summed E-state index contributed by atoms with van der Waals surface area (Å²) in [5.41, 5.74) is 1.12. The van der Waals surface area contributed by atoms with Crippen LogP contribution in [0.4, 0.5) is 18.0 Å². The standard InChI is InChI=1S/C20H24F3NO2/c1-12-5-6-14(20(21,22)23)11-17(12)13-9-15-7-8-16(10-13)24(15)18(25)26-19(2,3)4/h5-6,9,11,15-16H,7-8,10H2,1-4H3. The van der Waals surface area contributed by atoms with Crippen LogP contribution in [0.25, 0.3) is 5.57 Å². The molecule has 2 aliphatic rings. The number of ether oxygens (including phenoxy) is 1. The highest BCUT2D eigenvalue weighted by molar-refractivity contribution is 5.76. The lowest BCUT2D eigenvalue weighted by Crippen LogP contribution is -2.45. The van der Waals surface area contributed by atoms with E-state index < -0.39 is 17.3 Å². The van der Waals surface area contributed by atoms with E-state index in [2.05, 4.69) is 0 Å². The van der Waals surface area contributed by atoms with Crippen molar-refractivity contribution in [2.45, 2.75) is 70.8 Å². The molecule has 1 aromatic rings. The highest BCUT2D eigenvalue weighted by Gasteiger charge is 2.42. The second-order valence-corrected chi connectivity index (χ2v) is 8.11. The van der Waals surface area contributed by atoms with Crippen molar-refractivity contribution in [2.24, 2.45) is 0 Å². The van der Waals surface area contributed by atoms with Gasteiger partial charge in [0.25, 0.3) is 0 Å². The van der Waals surface area contributed by atoms with E-state index in [9.17, 15) is 18.0 Å². The summed E-state index contributed by atoms with van der Waals surface area (Å²) in [7, 11) is 0. The summed E-state index contributed by atoms with van der Waals surface area (Å²) in [5, 5.41) is 0. The number of alkyl halides is 3. The summed E-state index contributed by atoms with van der Waals surface area (Å²) in [4.78, 5) is 14.2. The normalized spacial score (nSPS) is 23.0. The molecule has 142 valence electrons. The van der Waals surface area contributed by atoms with Gasteiger partial charge in [-0.3, -0.25) is 4.90 Å². The Labute approximate surface area is 151 Å². The molecular weight excluding hydrogens is 343 g/mol. The average Bonchev–Trinajstić information content (AvgIpc) is 2.75. The van der Waals surface area contributed by atoms with Gasteiger partial charge in [0.05, 0.1) is 11.6 Å². The van der Waals surface area contributed by atoms with Crippen molar-refractivity contribution >= 4 is 11.7 Å². The molecule has 6 heteroatoms. The molecule has 3 rings (SSSR count). The third kappa shape index (κ3) is 3.74. The number of amides is 1. The Bertz CT molecular complexity index is 746. The number of halogens is 3. The molecule has 0 N–H and O–H groups in total. The summed E-state index contributed by atoms with van der Waals surface area (Å²) in [5.74, 6) is 0. The lowest BCUT2D eigenvalue weighted by Gasteiger charge is -2.35. The first-order valence-electron chi connectivity index (χ1n) is 8.86. The molecule has 1 aromatic carbocycles. The number of hydrogen-bond acceptors (Lipinski definition) is 2. The van der Waals surface area contributed by atoms with Crippen molar-refractivity contribution in [1.29, 1.82) is 0 Å². The predicted octanol–water partition coefficient (Wildman–Crippen LogP) is 5.57. The summed E-state index contributed by atoms with van der Waals surface area (Å²) in [6, 6.07) is 3.71. The average molecular weight is 367 g/mol. The number of benzene rings is 1. The number of carbonyl (C=O) groups is 1. The van der Waals surface area contributed by atoms with Gasteiger partial charge in [0, 0.05) is 6.04 Å². The third-order valence-corrected chi connectivity index (χ3v) is 4.91. The molecule has 1 fully saturated rings. The maximum atomic E-state index is 13.1. The minimum atomic E-state index is -4.36. The molecule has 0 radical (unpaired) electrons. The molecule has 1 amide bonds. The van der Waals surface area contributed by atoms with Crippen LogP contribution in [0.15, 0.2) is 24.3 Å². The summed E-state index contributed by atoms with van der Waals surface area (Å²) < 4.78 is 44.7. The fourth-order valence-electron chi connectivity index (χ4n) is 3.77. The summed E-state index contributed by atoms with van der Waals surface area (Å²) in [6.07, 6.45) is -0.568. The molecule has 2 bridgehead atoms. The SMILES string of the molecule is Cc1ccc(C(F)(F)F)cc1C1=CC2CCC(C1)N2C(=O)OC(C)(C)C. The quantitative estimate of drug-likeness (QED) is 0.649. The van der Waals surface area contributed by atoms with Gasteiger partial charge in [0.1, 0.15) is 5.60 Å². The Hall–Kier alpha value is -1.98. The van der Waals surface area contributed by atoms with Gasteiger partial charge < -0.3 is 4.74 Å². The zero-order valence-corrected chi connectivity index (χ0v) is 15.5. The minimum Gasteiger partial charge on any atom is -0.444 e. The van der Waals surface area contributed by atoms with Crippen molar-refractivity contribution in [3.63, 3.8) is 0 Å². The first-order valence-corrected chi connectivity index (χ1v) is 8.86. The van der Waals surface area contributed by atoms with Gasteiger partial charge in [-0.1, -0.05) is 12.1 Å². The van der Waals surface area contributed by atoms with Gasteiger partial charge in [-0.2, -0.15) is 13.2 Å². The number of hydrogen-bond donors (Lipinski definition) is 0. The highest BCUT2D eigenvalue weighted by Crippen LogP contribution is 2.41. The first kappa shape index (κ1) is 18.8. The van der Waals surface area contributed by atoms with Gasteiger partial charge in [0.15, 0.2) is 0 Å². The van der Waals surface area contributed by atoms with E-state index >= 15 is 0 Å². The van der Waals surface area contributed by atoms with E-state index in [1.165, 1.54) is 12.1 Å². The zero-order chi connectivity index (χ0) is 19.3. The third-order valence-electron chi connectivity index (χ3n) is 4.91. The smallest absolute Gasteiger partial charge is 0.416 e. The number of carbonyl (C=O) groups excluding carboxylic acids is 1. The number of rotatable bonds is 1. The van der Waals surface area contributed by atoms with E-state index in [0.29, 0.717) is 12.0 Å². The topological polar surface area (TPSA) is 29.5 Å². The van der Waals surface area contributed by atoms with E-state index in [0.717, 1.165) is 30.0 Å². The minimum absolute atomic E-state index is 0.0243. The number of fused-ring (bicyclic) bond motifs is 2. The van der Waals surface area contributed by atoms with Crippen molar-refractivity contribution in [1.82, 2.24) is 4.90 Å². The molecular formula is C20H24F3NO2. The van der Waals surface area contributed by atoms with Crippen molar-refractivity contribution in [3.8, 4) is 0 Å². The number of nitrogens with zero attached hydrogens (tertiary/aromatic N) is 1. The van der Waals surface area contributed by atoms with Gasteiger partial charge >= 0.3 is 12.3 Å². The molecule has 2 heterocycles. The molecule has 26 heavy (non-hydrogen) atoms. The molecule has 2 aliphatic heterocycles. The highest BCUT2D eigenvalue weighted by atomic mass is 19.4. The van der Waals surface area contributed by atoms with Crippen LogP contribution in [0, 0.1) is 6.92 Å². The van der Waals surface area contributed by atoms with E-state index in [1.54, 1.807) is 4.90 Å². The van der Waals surface area contributed by atoms with Crippen LogP contribution in [-0.4, -0.2) is 28.7 Å². The number of aryl methyl sites for hydroxylation is 1. The second kappa shape index (κ2) is 6.32. The molecule has 0 saturated carbocycles. The Morgan fingerprint density at radius 1 is 1.19 bits per heavy atom. The Morgan fingerprint density at radius 3 is 2.46 bits per heavy atom. The predicted molar refractivity (Wildman–Crippen MR) is 93.7 cm³/mol. The monoisotopic (exact) mass is 367 g/mol. The fourth-order valence-corrected chi connectivity index (χ4v) is 3.77. The Kier molecular flexibility index (Phi) is 4.57. The second-order valence-electron chi connectivity index (χ2n) is 8.11. The molecule has 1 saturated heterocycles. The van der Waals surface area contributed by atoms with E-state index in [-0.39, 0.29) is 18.2 Å². The van der Waals surface area contributed by atoms with Crippen LogP contribution in [0.2, 0.25) is 0 Å². The van der Waals surface area contributed by atoms with Crippen LogP contribution in [0.3, 0.4) is 0 Å². The lowest BCUT2D eigenvalue weighted by atomic mass is 9.91. The van der Waals surface area contributed by atoms with Crippen LogP contribution in [-0.2, 0) is 10.9 Å². The van der Waals surface area contributed by atoms with Gasteiger partial charge in [0.2, 0.25) is 0 Å². The maximum absolute atomic E-state index is 13.1. The van der Waals surface area contributed by atoms with Crippen LogP contribution >= 0.6 is 0 Å². The van der Waals surface area contributed by atoms with Crippen LogP contribution < -0.4 is 0 Å². The van der Waals surface area contributed by atoms with Gasteiger partial charge in [-0.15, -0.1) is 0 Å².